The predicted molar refractivity (Wildman–Crippen MR) is 252 cm³/mol. The number of carbonyl (C=O) groups is 7. The van der Waals surface area contributed by atoms with Gasteiger partial charge in [0, 0.05) is 70.6 Å². The van der Waals surface area contributed by atoms with Crippen molar-refractivity contribution in [3.63, 3.8) is 0 Å². The molecule has 8 atom stereocenters. The topological polar surface area (TPSA) is 231 Å². The maximum absolute atomic E-state index is 14.1. The fourth-order valence-corrected chi connectivity index (χ4v) is 9.47. The number of rotatable bonds is 15. The number of aldehydes is 1. The summed E-state index contributed by atoms with van der Waals surface area (Å²) in [6.45, 7) is 10.3. The third kappa shape index (κ3) is 14.5. The number of thioether (sulfide) groups is 1. The summed E-state index contributed by atoms with van der Waals surface area (Å²) in [7, 11) is 6.02. The van der Waals surface area contributed by atoms with Gasteiger partial charge in [0.25, 0.3) is 11.8 Å². The van der Waals surface area contributed by atoms with E-state index in [1.165, 1.54) is 63.9 Å². The highest BCUT2D eigenvalue weighted by Crippen LogP contribution is 2.39. The van der Waals surface area contributed by atoms with Crippen molar-refractivity contribution < 1.29 is 62.7 Å². The van der Waals surface area contributed by atoms with E-state index in [0.717, 1.165) is 16.0 Å². The predicted octanol–water partition coefficient (Wildman–Crippen LogP) is 3.73. The van der Waals surface area contributed by atoms with Crippen LogP contribution in [0.2, 0.25) is 5.02 Å². The monoisotopic (exact) mass is 975 g/mol. The van der Waals surface area contributed by atoms with E-state index in [2.05, 4.69) is 10.6 Å². The number of amides is 5. The van der Waals surface area contributed by atoms with E-state index in [9.17, 15) is 43.8 Å². The van der Waals surface area contributed by atoms with E-state index in [1.807, 2.05) is 32.9 Å². The molecule has 0 radical (unpaired) electrons. The third-order valence-electron chi connectivity index (χ3n) is 12.4. The number of hydrogen-bond donors (Lipinski definition) is 4. The van der Waals surface area contributed by atoms with Crippen LogP contribution in [0.25, 0.3) is 0 Å². The van der Waals surface area contributed by atoms with Crippen LogP contribution in [-0.4, -0.2) is 156 Å². The van der Waals surface area contributed by atoms with Crippen molar-refractivity contribution in [1.29, 1.82) is 0 Å². The first-order chi connectivity index (χ1) is 31.3. The standard InChI is InChI=1S/C47H66ClN5O13S/c1-28-12-11-13-36(64-10)47(62)24-35(65-44(60)50-47)29(2)23-46(6,61)42(32(26-54)25-51(7)33-21-31(20-28)22-34(63-9)41(33)48)66-43(59)30(3)52(8)38(56)16-17-45(4,5)67-27-37(55)49-18-19-53-39(57)14-15-40(53)58/h11-15,21-22,26,29-30,32,35-36,42,61-62H,16-20,23-25,27H2,1-10H3,(H,49,55)(H,50,60)/b13-11+,28-12+/t29-,30-,32?,35-,36+,42-,46+,47-/m0/s1. The fourth-order valence-electron chi connectivity index (χ4n) is 8.27. The zero-order chi connectivity index (χ0) is 50.0. The number of fused-ring (bicyclic) bond motifs is 4. The van der Waals surface area contributed by atoms with Gasteiger partial charge >= 0.3 is 12.1 Å². The molecule has 0 aromatic heterocycles. The van der Waals surface area contributed by atoms with Crippen molar-refractivity contribution >= 4 is 71.0 Å². The van der Waals surface area contributed by atoms with Crippen molar-refractivity contribution in [3.05, 3.63) is 58.7 Å². The van der Waals surface area contributed by atoms with Crippen LogP contribution in [0.5, 0.6) is 5.75 Å². The minimum absolute atomic E-state index is 0.00196. The number of esters is 1. The van der Waals surface area contributed by atoms with Gasteiger partial charge in [-0.2, -0.15) is 0 Å². The van der Waals surface area contributed by atoms with Crippen molar-refractivity contribution in [3.8, 4) is 5.75 Å². The lowest BCUT2D eigenvalue weighted by Crippen LogP contribution is -2.63. The second kappa shape index (κ2) is 23.4. The largest absolute Gasteiger partial charge is 0.495 e. The van der Waals surface area contributed by atoms with Crippen LogP contribution >= 0.6 is 23.4 Å². The fraction of sp³-hybridized carbons (Fsp3) is 0.596. The van der Waals surface area contributed by atoms with Crippen molar-refractivity contribution in [2.24, 2.45) is 11.8 Å². The number of alkyl carbamates (subject to hydrolysis) is 1. The smallest absolute Gasteiger partial charge is 0.409 e. The Labute approximate surface area is 401 Å². The molecule has 1 saturated heterocycles. The third-order valence-corrected chi connectivity index (χ3v) is 14.1. The van der Waals surface area contributed by atoms with Gasteiger partial charge in [0.15, 0.2) is 5.72 Å². The number of carbonyl (C=O) groups excluding carboxylic acids is 7. The molecule has 0 aliphatic carbocycles. The molecule has 1 aromatic rings. The van der Waals surface area contributed by atoms with Gasteiger partial charge in [-0.25, -0.2) is 9.59 Å². The highest BCUT2D eigenvalue weighted by Gasteiger charge is 2.49. The van der Waals surface area contributed by atoms with Gasteiger partial charge in [0.05, 0.1) is 30.1 Å². The summed E-state index contributed by atoms with van der Waals surface area (Å²) < 4.78 is 22.5. The second-order valence-electron chi connectivity index (χ2n) is 18.4. The van der Waals surface area contributed by atoms with E-state index in [-0.39, 0.29) is 55.6 Å². The van der Waals surface area contributed by atoms with Crippen LogP contribution in [-0.2, 0) is 49.4 Å². The molecule has 4 bridgehead atoms. The number of nitrogens with zero attached hydrogens (tertiary/aromatic N) is 3. The highest BCUT2D eigenvalue weighted by molar-refractivity contribution is 8.01. The Kier molecular flexibility index (Phi) is 19.1. The number of hydrogen-bond acceptors (Lipinski definition) is 15. The molecule has 4 rings (SSSR count). The molecule has 1 fully saturated rings. The van der Waals surface area contributed by atoms with Crippen molar-refractivity contribution in [2.75, 3.05) is 58.6 Å². The quantitative estimate of drug-likeness (QED) is 0.112. The van der Waals surface area contributed by atoms with Crippen LogP contribution in [0, 0.1) is 11.8 Å². The Morgan fingerprint density at radius 3 is 2.45 bits per heavy atom. The minimum Gasteiger partial charge on any atom is -0.495 e. The van der Waals surface area contributed by atoms with Gasteiger partial charge in [0.2, 0.25) is 11.8 Å². The van der Waals surface area contributed by atoms with Gasteiger partial charge in [-0.3, -0.25) is 29.4 Å². The molecule has 3 aliphatic heterocycles. The summed E-state index contributed by atoms with van der Waals surface area (Å²) in [5, 5.41) is 29.6. The zero-order valence-electron chi connectivity index (χ0n) is 40.0. The molecule has 1 aromatic carbocycles. The number of ether oxygens (including phenoxy) is 4. The Hall–Kier alpha value is -4.95. The summed E-state index contributed by atoms with van der Waals surface area (Å²) >= 11 is 8.17. The number of allylic oxidation sites excluding steroid dienone is 3. The molecule has 67 heavy (non-hydrogen) atoms. The average molecular weight is 977 g/mol. The van der Waals surface area contributed by atoms with Crippen molar-refractivity contribution in [1.82, 2.24) is 20.4 Å². The lowest BCUT2D eigenvalue weighted by atomic mass is 9.78. The number of imide groups is 1. The maximum Gasteiger partial charge on any atom is 0.409 e. The van der Waals surface area contributed by atoms with Crippen LogP contribution in [0.1, 0.15) is 72.8 Å². The number of nitrogens with one attached hydrogen (secondary N) is 2. The molecule has 20 heteroatoms. The number of benzene rings is 1. The SMILES string of the molecule is COc1cc2cc(c1Cl)N(C)CC(C=O)[C@H](OC(=O)[C@H](C)N(C)C(=O)CCC(C)(C)SCC(=O)NCCN1C(=O)C=CC1=O)[C@](C)(O)C[C@H](C)[C@@H]1C[C@@](O)(NC(=O)O1)[C@H](OC)/C=C/C=C(\C)C2. The number of anilines is 1. The summed E-state index contributed by atoms with van der Waals surface area (Å²) in [5.41, 5.74) is -1.66. The molecule has 5 amide bonds. The van der Waals surface area contributed by atoms with Crippen LogP contribution in [0.3, 0.4) is 0 Å². The normalized spacial score (nSPS) is 27.8. The number of halogens is 1. The Morgan fingerprint density at radius 2 is 1.82 bits per heavy atom. The van der Waals surface area contributed by atoms with E-state index in [0.29, 0.717) is 30.6 Å². The zero-order valence-corrected chi connectivity index (χ0v) is 41.5. The van der Waals surface area contributed by atoms with Crippen LogP contribution < -0.4 is 20.3 Å². The molecular formula is C47H66ClN5O13S. The van der Waals surface area contributed by atoms with Crippen LogP contribution in [0.15, 0.2) is 48.1 Å². The highest BCUT2D eigenvalue weighted by atomic mass is 35.5. The maximum atomic E-state index is 14.1. The lowest BCUT2D eigenvalue weighted by Gasteiger charge is -2.44. The number of likely N-dealkylation sites (N-methyl/N-ethyl adjacent to an activating group) is 1. The number of methoxy groups -OCH3 is 2. The first-order valence-electron chi connectivity index (χ1n) is 22.1. The Bertz CT molecular complexity index is 2100. The van der Waals surface area contributed by atoms with Crippen molar-refractivity contribution in [2.45, 2.75) is 114 Å². The molecule has 370 valence electrons. The van der Waals surface area contributed by atoms with E-state index < -0.39 is 82.0 Å². The molecule has 1 unspecified atom stereocenters. The summed E-state index contributed by atoms with van der Waals surface area (Å²) in [5.74, 6) is -3.92. The molecule has 18 nitrogen and oxygen atoms in total. The van der Waals surface area contributed by atoms with E-state index in [4.69, 9.17) is 30.5 Å². The molecule has 0 saturated carbocycles. The minimum atomic E-state index is -1.97. The van der Waals surface area contributed by atoms with Gasteiger partial charge in [-0.1, -0.05) is 56.2 Å². The van der Waals surface area contributed by atoms with Gasteiger partial charge in [-0.05, 0) is 63.6 Å². The average Bonchev–Trinajstić information content (AvgIpc) is 3.58. The van der Waals surface area contributed by atoms with E-state index in [1.54, 1.807) is 37.1 Å². The summed E-state index contributed by atoms with van der Waals surface area (Å²) in [4.78, 5) is 93.9. The summed E-state index contributed by atoms with van der Waals surface area (Å²) in [6, 6.07) is 2.46. The summed E-state index contributed by atoms with van der Waals surface area (Å²) in [6.07, 6.45) is 4.15. The first-order valence-corrected chi connectivity index (χ1v) is 23.4. The van der Waals surface area contributed by atoms with Gasteiger partial charge in [-0.15, -0.1) is 11.8 Å². The molecule has 3 aliphatic rings. The van der Waals surface area contributed by atoms with E-state index >= 15 is 0 Å². The molecule has 3 heterocycles. The first kappa shape index (κ1) is 54.7. The number of aliphatic hydroxyl groups is 2. The second-order valence-corrected chi connectivity index (χ2v) is 20.4. The molecule has 4 N–H and O–H groups in total. The van der Waals surface area contributed by atoms with Gasteiger partial charge < -0.3 is 49.1 Å². The van der Waals surface area contributed by atoms with Gasteiger partial charge in [0.1, 0.15) is 41.4 Å². The lowest BCUT2D eigenvalue weighted by molar-refractivity contribution is -0.181. The Morgan fingerprint density at radius 1 is 1.15 bits per heavy atom. The van der Waals surface area contributed by atoms with Crippen LogP contribution in [0.4, 0.5) is 10.5 Å². The molecule has 0 spiro atoms. The Balaban J connectivity index is 1.56. The molecular weight excluding hydrogens is 910 g/mol.